The maximum atomic E-state index is 13.1. The Kier molecular flexibility index (Phi) is 7.11. The minimum atomic E-state index is -0.00917. The fraction of sp³-hybridized carbons (Fsp3) is 0.304. The zero-order chi connectivity index (χ0) is 21.6. The van der Waals surface area contributed by atoms with Crippen LogP contribution in [0.2, 0.25) is 0 Å². The number of thioether (sulfide) groups is 1. The number of thiazole rings is 1. The van der Waals surface area contributed by atoms with Crippen LogP contribution in [-0.4, -0.2) is 32.2 Å². The van der Waals surface area contributed by atoms with Gasteiger partial charge in [0.1, 0.15) is 5.01 Å². The summed E-state index contributed by atoms with van der Waals surface area (Å²) in [7, 11) is 0. The maximum absolute atomic E-state index is 13.1. The van der Waals surface area contributed by atoms with E-state index in [1.807, 2.05) is 61.7 Å². The predicted octanol–water partition coefficient (Wildman–Crippen LogP) is 5.02. The van der Waals surface area contributed by atoms with Gasteiger partial charge in [0.2, 0.25) is 0 Å². The van der Waals surface area contributed by atoms with E-state index in [9.17, 15) is 4.79 Å². The Hall–Kier alpha value is -2.55. The first-order chi connectivity index (χ1) is 15.1. The van der Waals surface area contributed by atoms with E-state index in [0.717, 1.165) is 28.3 Å². The number of hydrogen-bond donors (Lipinski definition) is 0. The second-order valence-electron chi connectivity index (χ2n) is 7.29. The molecule has 3 aromatic heterocycles. The molecule has 0 atom stereocenters. The summed E-state index contributed by atoms with van der Waals surface area (Å²) in [5.74, 6) is 0.636. The first-order valence-corrected chi connectivity index (χ1v) is 12.1. The van der Waals surface area contributed by atoms with Gasteiger partial charge in [0.25, 0.3) is 5.56 Å². The quantitative estimate of drug-likeness (QED) is 0.202. The molecule has 4 rings (SSSR count). The van der Waals surface area contributed by atoms with Crippen LogP contribution in [0.3, 0.4) is 0 Å². The minimum Gasteiger partial charge on any atom is -0.379 e. The SMILES string of the molecule is CC(C)OCCCn1c(SCc2csc(-c3ccccn3)n2)nc2ccccc2c1=O. The van der Waals surface area contributed by atoms with Gasteiger partial charge < -0.3 is 4.74 Å². The van der Waals surface area contributed by atoms with Crippen molar-refractivity contribution in [3.8, 4) is 10.7 Å². The fourth-order valence-electron chi connectivity index (χ4n) is 3.12. The Morgan fingerprint density at radius 3 is 2.77 bits per heavy atom. The van der Waals surface area contributed by atoms with E-state index >= 15 is 0 Å². The van der Waals surface area contributed by atoms with Crippen molar-refractivity contribution in [3.63, 3.8) is 0 Å². The van der Waals surface area contributed by atoms with Crippen LogP contribution < -0.4 is 5.56 Å². The van der Waals surface area contributed by atoms with Crippen molar-refractivity contribution in [1.82, 2.24) is 19.5 Å². The second kappa shape index (κ2) is 10.2. The molecule has 0 bridgehead atoms. The summed E-state index contributed by atoms with van der Waals surface area (Å²) in [5.41, 5.74) is 2.53. The first kappa shape index (κ1) is 21.7. The lowest BCUT2D eigenvalue weighted by molar-refractivity contribution is 0.0743. The van der Waals surface area contributed by atoms with Gasteiger partial charge >= 0.3 is 0 Å². The van der Waals surface area contributed by atoms with Crippen molar-refractivity contribution in [3.05, 3.63) is 70.1 Å². The zero-order valence-corrected chi connectivity index (χ0v) is 19.2. The molecule has 4 aromatic rings. The average Bonchev–Trinajstić information content (AvgIpc) is 3.26. The molecule has 31 heavy (non-hydrogen) atoms. The number of pyridine rings is 1. The third-order valence-corrected chi connectivity index (χ3v) is 6.51. The zero-order valence-electron chi connectivity index (χ0n) is 17.5. The number of nitrogens with zero attached hydrogens (tertiary/aromatic N) is 4. The monoisotopic (exact) mass is 452 g/mol. The van der Waals surface area contributed by atoms with E-state index < -0.39 is 0 Å². The van der Waals surface area contributed by atoms with Crippen LogP contribution in [0.4, 0.5) is 0 Å². The molecule has 6 nitrogen and oxygen atoms in total. The van der Waals surface area contributed by atoms with Crippen molar-refractivity contribution in [2.75, 3.05) is 6.61 Å². The molecule has 160 valence electrons. The molecule has 0 saturated carbocycles. The van der Waals surface area contributed by atoms with Crippen LogP contribution in [0.15, 0.2) is 64.0 Å². The molecule has 8 heteroatoms. The van der Waals surface area contributed by atoms with Crippen molar-refractivity contribution >= 4 is 34.0 Å². The van der Waals surface area contributed by atoms with E-state index in [2.05, 4.69) is 4.98 Å². The highest BCUT2D eigenvalue weighted by molar-refractivity contribution is 7.98. The second-order valence-corrected chi connectivity index (χ2v) is 9.09. The highest BCUT2D eigenvalue weighted by Crippen LogP contribution is 2.26. The molecule has 0 radical (unpaired) electrons. The molecule has 1 aromatic carbocycles. The maximum Gasteiger partial charge on any atom is 0.262 e. The van der Waals surface area contributed by atoms with Gasteiger partial charge in [-0.05, 0) is 44.5 Å². The van der Waals surface area contributed by atoms with Gasteiger partial charge in [0, 0.05) is 30.5 Å². The van der Waals surface area contributed by atoms with Gasteiger partial charge in [-0.2, -0.15) is 0 Å². The molecule has 0 saturated heterocycles. The number of hydrogen-bond acceptors (Lipinski definition) is 7. The molecule has 0 N–H and O–H groups in total. The lowest BCUT2D eigenvalue weighted by Crippen LogP contribution is -2.24. The highest BCUT2D eigenvalue weighted by Gasteiger charge is 2.13. The van der Waals surface area contributed by atoms with Crippen LogP contribution in [0.1, 0.15) is 26.0 Å². The molecule has 0 aliphatic rings. The molecule has 0 aliphatic carbocycles. The van der Waals surface area contributed by atoms with Crippen LogP contribution in [0.25, 0.3) is 21.6 Å². The molecule has 0 spiro atoms. The molecule has 0 aliphatic heterocycles. The summed E-state index contributed by atoms with van der Waals surface area (Å²) in [6.45, 7) is 5.21. The van der Waals surface area contributed by atoms with Crippen LogP contribution >= 0.6 is 23.1 Å². The van der Waals surface area contributed by atoms with Gasteiger partial charge in [-0.3, -0.25) is 14.3 Å². The summed E-state index contributed by atoms with van der Waals surface area (Å²) in [6.07, 6.45) is 2.70. The number of ether oxygens (including phenoxy) is 1. The fourth-order valence-corrected chi connectivity index (χ4v) is 4.93. The Morgan fingerprint density at radius 2 is 1.97 bits per heavy atom. The van der Waals surface area contributed by atoms with E-state index in [1.54, 1.807) is 22.1 Å². The highest BCUT2D eigenvalue weighted by atomic mass is 32.2. The van der Waals surface area contributed by atoms with Crippen molar-refractivity contribution < 1.29 is 4.74 Å². The predicted molar refractivity (Wildman–Crippen MR) is 127 cm³/mol. The van der Waals surface area contributed by atoms with Gasteiger partial charge in [-0.25, -0.2) is 9.97 Å². The molecule has 0 fully saturated rings. The van der Waals surface area contributed by atoms with Crippen molar-refractivity contribution in [2.24, 2.45) is 0 Å². The third-order valence-electron chi connectivity index (χ3n) is 4.59. The average molecular weight is 453 g/mol. The minimum absolute atomic E-state index is 0.00917. The standard InChI is InChI=1S/C23H24N4O2S2/c1-16(2)29-13-7-12-27-22(28)18-8-3-4-9-19(18)26-23(27)31-15-17-14-30-21(25-17)20-10-5-6-11-24-20/h3-6,8-11,14,16H,7,12-13,15H2,1-2H3. The first-order valence-electron chi connectivity index (χ1n) is 10.2. The summed E-state index contributed by atoms with van der Waals surface area (Å²) < 4.78 is 7.41. The van der Waals surface area contributed by atoms with E-state index in [4.69, 9.17) is 14.7 Å². The lowest BCUT2D eigenvalue weighted by atomic mass is 10.2. The van der Waals surface area contributed by atoms with Crippen LogP contribution in [-0.2, 0) is 17.0 Å². The molecule has 3 heterocycles. The Balaban J connectivity index is 1.55. The van der Waals surface area contributed by atoms with Gasteiger partial charge in [-0.1, -0.05) is 30.0 Å². The van der Waals surface area contributed by atoms with E-state index in [-0.39, 0.29) is 11.7 Å². The third kappa shape index (κ3) is 5.39. The number of fused-ring (bicyclic) bond motifs is 1. The summed E-state index contributed by atoms with van der Waals surface area (Å²) in [4.78, 5) is 27.0. The van der Waals surface area contributed by atoms with Crippen molar-refractivity contribution in [1.29, 1.82) is 0 Å². The summed E-state index contributed by atoms with van der Waals surface area (Å²) >= 11 is 3.11. The summed E-state index contributed by atoms with van der Waals surface area (Å²) in [5, 5.41) is 4.28. The number of benzene rings is 1. The Bertz CT molecular complexity index is 1210. The van der Waals surface area contributed by atoms with Gasteiger partial charge in [0.05, 0.1) is 28.4 Å². The Morgan fingerprint density at radius 1 is 1.13 bits per heavy atom. The number of para-hydroxylation sites is 1. The largest absolute Gasteiger partial charge is 0.379 e. The normalized spacial score (nSPS) is 11.5. The number of rotatable bonds is 9. The van der Waals surface area contributed by atoms with Crippen LogP contribution in [0.5, 0.6) is 0 Å². The van der Waals surface area contributed by atoms with Crippen molar-refractivity contribution in [2.45, 2.75) is 43.8 Å². The van der Waals surface area contributed by atoms with Gasteiger partial charge in [0.15, 0.2) is 5.16 Å². The van der Waals surface area contributed by atoms with Crippen LogP contribution in [0, 0.1) is 0 Å². The molecular weight excluding hydrogens is 428 g/mol. The molecule has 0 amide bonds. The molecular formula is C23H24N4O2S2. The Labute approximate surface area is 189 Å². The smallest absolute Gasteiger partial charge is 0.262 e. The number of aromatic nitrogens is 4. The molecule has 0 unspecified atom stereocenters. The topological polar surface area (TPSA) is 69.9 Å². The lowest BCUT2D eigenvalue weighted by Gasteiger charge is -2.13. The van der Waals surface area contributed by atoms with E-state index in [0.29, 0.717) is 29.4 Å². The van der Waals surface area contributed by atoms with E-state index in [1.165, 1.54) is 11.8 Å². The summed E-state index contributed by atoms with van der Waals surface area (Å²) in [6, 6.07) is 13.3. The van der Waals surface area contributed by atoms with Gasteiger partial charge in [-0.15, -0.1) is 11.3 Å².